The standard InChI is InChI=1S/C16H21N3O/c1-20-14-5-6-15-12(11-14)7-9-18-16(15)19(10-8-17)13-3-2-4-13/h5-7,9,11,13H,2-4,8,10,17H2,1H3. The third-order valence-electron chi connectivity index (χ3n) is 4.11. The minimum Gasteiger partial charge on any atom is -0.497 e. The van der Waals surface area contributed by atoms with E-state index in [0.29, 0.717) is 12.6 Å². The number of rotatable bonds is 5. The minimum atomic E-state index is 0.596. The van der Waals surface area contributed by atoms with Crippen molar-refractivity contribution in [3.63, 3.8) is 0 Å². The van der Waals surface area contributed by atoms with Crippen LogP contribution in [0.5, 0.6) is 5.75 Å². The molecule has 3 rings (SSSR count). The molecule has 106 valence electrons. The number of benzene rings is 1. The average molecular weight is 271 g/mol. The van der Waals surface area contributed by atoms with Crippen LogP contribution in [-0.4, -0.2) is 31.2 Å². The van der Waals surface area contributed by atoms with Gasteiger partial charge in [0.2, 0.25) is 0 Å². The summed E-state index contributed by atoms with van der Waals surface area (Å²) in [6.07, 6.45) is 5.67. The summed E-state index contributed by atoms with van der Waals surface area (Å²) in [5.74, 6) is 1.93. The van der Waals surface area contributed by atoms with Crippen molar-refractivity contribution in [3.8, 4) is 5.75 Å². The first-order chi connectivity index (χ1) is 9.83. The summed E-state index contributed by atoms with van der Waals surface area (Å²) >= 11 is 0. The van der Waals surface area contributed by atoms with E-state index < -0.39 is 0 Å². The number of pyridine rings is 1. The van der Waals surface area contributed by atoms with Crippen LogP contribution in [0.1, 0.15) is 19.3 Å². The number of nitrogens with two attached hydrogens (primary N) is 1. The van der Waals surface area contributed by atoms with E-state index >= 15 is 0 Å². The van der Waals surface area contributed by atoms with Gasteiger partial charge in [-0.2, -0.15) is 0 Å². The second kappa shape index (κ2) is 5.67. The molecule has 1 aliphatic rings. The van der Waals surface area contributed by atoms with Crippen LogP contribution in [0.15, 0.2) is 30.5 Å². The normalized spacial score (nSPS) is 15.1. The van der Waals surface area contributed by atoms with Crippen molar-refractivity contribution in [1.82, 2.24) is 4.98 Å². The van der Waals surface area contributed by atoms with Crippen molar-refractivity contribution in [1.29, 1.82) is 0 Å². The monoisotopic (exact) mass is 271 g/mol. The van der Waals surface area contributed by atoms with Gasteiger partial charge < -0.3 is 15.4 Å². The van der Waals surface area contributed by atoms with E-state index in [0.717, 1.165) is 23.5 Å². The molecular formula is C16H21N3O. The molecule has 0 saturated heterocycles. The zero-order chi connectivity index (χ0) is 13.9. The van der Waals surface area contributed by atoms with Crippen LogP contribution in [0.25, 0.3) is 10.8 Å². The van der Waals surface area contributed by atoms with Crippen LogP contribution >= 0.6 is 0 Å². The summed E-state index contributed by atoms with van der Waals surface area (Å²) < 4.78 is 5.30. The number of aromatic nitrogens is 1. The Morgan fingerprint density at radius 3 is 2.85 bits per heavy atom. The molecule has 0 unspecified atom stereocenters. The summed E-state index contributed by atoms with van der Waals surface area (Å²) in [5.41, 5.74) is 5.78. The molecule has 0 radical (unpaired) electrons. The highest BCUT2D eigenvalue weighted by atomic mass is 16.5. The smallest absolute Gasteiger partial charge is 0.136 e. The number of fused-ring (bicyclic) bond motifs is 1. The lowest BCUT2D eigenvalue weighted by molar-refractivity contribution is 0.386. The highest BCUT2D eigenvalue weighted by Gasteiger charge is 2.26. The highest BCUT2D eigenvalue weighted by molar-refractivity contribution is 5.93. The van der Waals surface area contributed by atoms with Crippen LogP contribution in [0.2, 0.25) is 0 Å². The van der Waals surface area contributed by atoms with E-state index in [1.807, 2.05) is 18.3 Å². The summed E-state index contributed by atoms with van der Waals surface area (Å²) in [6.45, 7) is 1.52. The first-order valence-electron chi connectivity index (χ1n) is 7.23. The van der Waals surface area contributed by atoms with Crippen molar-refractivity contribution in [3.05, 3.63) is 30.5 Å². The van der Waals surface area contributed by atoms with Crippen molar-refractivity contribution >= 4 is 16.6 Å². The molecule has 1 saturated carbocycles. The van der Waals surface area contributed by atoms with Crippen molar-refractivity contribution < 1.29 is 4.74 Å². The highest BCUT2D eigenvalue weighted by Crippen LogP contribution is 2.33. The first kappa shape index (κ1) is 13.2. The quantitative estimate of drug-likeness (QED) is 0.908. The molecule has 0 bridgehead atoms. The number of ether oxygens (including phenoxy) is 1. The summed E-state index contributed by atoms with van der Waals surface area (Å²) in [5, 5.41) is 2.34. The van der Waals surface area contributed by atoms with Gasteiger partial charge in [-0.3, -0.25) is 0 Å². The van der Waals surface area contributed by atoms with Gasteiger partial charge in [-0.05, 0) is 48.9 Å². The molecule has 0 amide bonds. The Morgan fingerprint density at radius 2 is 2.20 bits per heavy atom. The zero-order valence-corrected chi connectivity index (χ0v) is 11.9. The van der Waals surface area contributed by atoms with Gasteiger partial charge in [-0.1, -0.05) is 0 Å². The van der Waals surface area contributed by atoms with Gasteiger partial charge in [0.15, 0.2) is 0 Å². The SMILES string of the molecule is COc1ccc2c(N(CCN)C3CCC3)nccc2c1. The maximum atomic E-state index is 5.78. The largest absolute Gasteiger partial charge is 0.497 e. The van der Waals surface area contributed by atoms with Gasteiger partial charge in [0, 0.05) is 30.7 Å². The number of nitrogens with zero attached hydrogens (tertiary/aromatic N) is 2. The molecule has 1 aliphatic carbocycles. The van der Waals surface area contributed by atoms with Gasteiger partial charge in [0.05, 0.1) is 7.11 Å². The molecule has 1 fully saturated rings. The maximum absolute atomic E-state index is 5.78. The molecule has 4 nitrogen and oxygen atoms in total. The average Bonchev–Trinajstić information content (AvgIpc) is 2.43. The van der Waals surface area contributed by atoms with Gasteiger partial charge in [-0.15, -0.1) is 0 Å². The van der Waals surface area contributed by atoms with Gasteiger partial charge in [-0.25, -0.2) is 4.98 Å². The molecular weight excluding hydrogens is 250 g/mol. The molecule has 1 aromatic carbocycles. The predicted octanol–water partition coefficient (Wildman–Crippen LogP) is 2.56. The van der Waals surface area contributed by atoms with E-state index in [9.17, 15) is 0 Å². The Kier molecular flexibility index (Phi) is 3.74. The number of hydrogen-bond acceptors (Lipinski definition) is 4. The Hall–Kier alpha value is -1.81. The molecule has 0 aliphatic heterocycles. The van der Waals surface area contributed by atoms with Crippen molar-refractivity contribution in [2.24, 2.45) is 5.73 Å². The maximum Gasteiger partial charge on any atom is 0.136 e. The molecule has 2 aromatic rings. The number of hydrogen-bond donors (Lipinski definition) is 1. The lowest BCUT2D eigenvalue weighted by Crippen LogP contribution is -2.43. The van der Waals surface area contributed by atoms with Crippen LogP contribution in [0, 0.1) is 0 Å². The van der Waals surface area contributed by atoms with E-state index in [-0.39, 0.29) is 0 Å². The summed E-state index contributed by atoms with van der Waals surface area (Å²) in [4.78, 5) is 6.99. The van der Waals surface area contributed by atoms with E-state index in [2.05, 4.69) is 22.0 Å². The van der Waals surface area contributed by atoms with E-state index in [1.54, 1.807) is 7.11 Å². The topological polar surface area (TPSA) is 51.4 Å². The Morgan fingerprint density at radius 1 is 1.35 bits per heavy atom. The molecule has 1 aromatic heterocycles. The first-order valence-corrected chi connectivity index (χ1v) is 7.23. The number of methoxy groups -OCH3 is 1. The fourth-order valence-corrected chi connectivity index (χ4v) is 2.79. The molecule has 0 spiro atoms. The van der Waals surface area contributed by atoms with Crippen LogP contribution in [-0.2, 0) is 0 Å². The third-order valence-corrected chi connectivity index (χ3v) is 4.11. The fourth-order valence-electron chi connectivity index (χ4n) is 2.79. The second-order valence-electron chi connectivity index (χ2n) is 5.29. The summed E-state index contributed by atoms with van der Waals surface area (Å²) in [7, 11) is 1.69. The van der Waals surface area contributed by atoms with Crippen LogP contribution in [0.3, 0.4) is 0 Å². The lowest BCUT2D eigenvalue weighted by atomic mass is 9.91. The Labute approximate surface area is 119 Å². The third kappa shape index (κ3) is 2.31. The van der Waals surface area contributed by atoms with Crippen molar-refractivity contribution in [2.45, 2.75) is 25.3 Å². The minimum absolute atomic E-state index is 0.596. The van der Waals surface area contributed by atoms with Crippen LogP contribution in [0.4, 0.5) is 5.82 Å². The van der Waals surface area contributed by atoms with Gasteiger partial charge in [0.1, 0.15) is 11.6 Å². The molecule has 20 heavy (non-hydrogen) atoms. The predicted molar refractivity (Wildman–Crippen MR) is 82.3 cm³/mol. The van der Waals surface area contributed by atoms with Gasteiger partial charge in [0.25, 0.3) is 0 Å². The zero-order valence-electron chi connectivity index (χ0n) is 11.9. The molecule has 2 N–H and O–H groups in total. The summed E-state index contributed by atoms with van der Waals surface area (Å²) in [6, 6.07) is 8.77. The van der Waals surface area contributed by atoms with E-state index in [4.69, 9.17) is 10.5 Å². The second-order valence-corrected chi connectivity index (χ2v) is 5.29. The fraction of sp³-hybridized carbons (Fsp3) is 0.438. The van der Waals surface area contributed by atoms with Crippen LogP contribution < -0.4 is 15.4 Å². The number of anilines is 1. The Balaban J connectivity index is 2.04. The van der Waals surface area contributed by atoms with Gasteiger partial charge >= 0.3 is 0 Å². The molecule has 1 heterocycles. The Bertz CT molecular complexity index is 595. The molecule has 0 atom stereocenters. The lowest BCUT2D eigenvalue weighted by Gasteiger charge is -2.38. The van der Waals surface area contributed by atoms with E-state index in [1.165, 1.54) is 24.6 Å². The van der Waals surface area contributed by atoms with Crippen molar-refractivity contribution in [2.75, 3.05) is 25.1 Å². The molecule has 4 heteroatoms.